The molecule has 3 heterocycles. The molecule has 10 heteroatoms. The van der Waals surface area contributed by atoms with Crippen LogP contribution in [0.5, 0.6) is 5.75 Å². The molecular weight excluding hydrogens is 434 g/mol. The van der Waals surface area contributed by atoms with Gasteiger partial charge in [0.1, 0.15) is 11.8 Å². The number of nitrogens with zero attached hydrogens (tertiary/aromatic N) is 2. The second-order valence-electron chi connectivity index (χ2n) is 7.95. The van der Waals surface area contributed by atoms with Gasteiger partial charge in [-0.05, 0) is 56.0 Å². The van der Waals surface area contributed by atoms with Crippen LogP contribution in [0.2, 0.25) is 0 Å². The van der Waals surface area contributed by atoms with Gasteiger partial charge < -0.3 is 19.4 Å². The summed E-state index contributed by atoms with van der Waals surface area (Å²) < 4.78 is 38.1. The molecule has 1 aromatic heterocycles. The number of hydrogen-bond donors (Lipinski definition) is 1. The number of carbonyl (C=O) groups is 2. The second kappa shape index (κ2) is 9.33. The van der Waals surface area contributed by atoms with Gasteiger partial charge in [0, 0.05) is 19.6 Å². The van der Waals surface area contributed by atoms with Crippen molar-refractivity contribution in [3.63, 3.8) is 0 Å². The quantitative estimate of drug-likeness (QED) is 0.708. The first-order chi connectivity index (χ1) is 15.4. The molecule has 2 aliphatic rings. The molecule has 2 saturated heterocycles. The number of amides is 2. The Bertz CT molecular complexity index is 1080. The zero-order valence-corrected chi connectivity index (χ0v) is 18.8. The molecule has 0 radical (unpaired) electrons. The van der Waals surface area contributed by atoms with Crippen molar-refractivity contribution in [2.45, 2.75) is 43.0 Å². The summed E-state index contributed by atoms with van der Waals surface area (Å²) >= 11 is 0. The van der Waals surface area contributed by atoms with Crippen LogP contribution >= 0.6 is 0 Å². The third-order valence-corrected chi connectivity index (χ3v) is 7.82. The Kier molecular flexibility index (Phi) is 6.52. The van der Waals surface area contributed by atoms with Crippen LogP contribution in [-0.2, 0) is 14.8 Å². The van der Waals surface area contributed by atoms with Crippen molar-refractivity contribution in [1.29, 1.82) is 0 Å². The number of carbonyl (C=O) groups excluding carboxylic acids is 2. The molecule has 1 atom stereocenters. The maximum absolute atomic E-state index is 13.1. The molecule has 2 aromatic rings. The maximum Gasteiger partial charge on any atom is 0.290 e. The fourth-order valence-electron chi connectivity index (χ4n) is 4.24. The number of nitrogens with one attached hydrogen (secondary N) is 1. The fraction of sp³-hybridized carbons (Fsp3) is 0.455. The summed E-state index contributed by atoms with van der Waals surface area (Å²) in [5, 5.41) is 2.78. The van der Waals surface area contributed by atoms with Crippen LogP contribution in [0.25, 0.3) is 0 Å². The van der Waals surface area contributed by atoms with Crippen LogP contribution in [0.4, 0.5) is 5.69 Å². The highest BCUT2D eigenvalue weighted by Crippen LogP contribution is 2.31. The van der Waals surface area contributed by atoms with Crippen LogP contribution in [0, 0.1) is 0 Å². The Morgan fingerprint density at radius 2 is 1.88 bits per heavy atom. The van der Waals surface area contributed by atoms with Crippen LogP contribution in [0.15, 0.2) is 45.9 Å². The molecule has 0 unspecified atom stereocenters. The Hall–Kier alpha value is -2.85. The highest BCUT2D eigenvalue weighted by molar-refractivity contribution is 7.89. The molecule has 0 saturated carbocycles. The van der Waals surface area contributed by atoms with Crippen molar-refractivity contribution in [2.75, 3.05) is 32.1 Å². The van der Waals surface area contributed by atoms with E-state index in [4.69, 9.17) is 9.15 Å². The molecule has 2 aliphatic heterocycles. The van der Waals surface area contributed by atoms with Crippen LogP contribution in [0.3, 0.4) is 0 Å². The number of hydrogen-bond acceptors (Lipinski definition) is 6. The lowest BCUT2D eigenvalue weighted by atomic mass is 10.2. The fourth-order valence-corrected chi connectivity index (χ4v) is 5.78. The van der Waals surface area contributed by atoms with E-state index in [0.29, 0.717) is 38.2 Å². The van der Waals surface area contributed by atoms with Crippen molar-refractivity contribution in [2.24, 2.45) is 0 Å². The van der Waals surface area contributed by atoms with Crippen LogP contribution in [-0.4, -0.2) is 62.2 Å². The van der Waals surface area contributed by atoms with E-state index in [9.17, 15) is 18.0 Å². The molecule has 0 bridgehead atoms. The number of rotatable bonds is 6. The molecule has 2 fully saturated rings. The second-order valence-corrected chi connectivity index (χ2v) is 9.89. The number of anilines is 1. The number of furan rings is 1. The summed E-state index contributed by atoms with van der Waals surface area (Å²) in [6, 6.07) is 6.95. The first kappa shape index (κ1) is 22.3. The molecule has 32 heavy (non-hydrogen) atoms. The van der Waals surface area contributed by atoms with Gasteiger partial charge in [-0.2, -0.15) is 4.31 Å². The Morgan fingerprint density at radius 3 is 2.56 bits per heavy atom. The molecule has 9 nitrogen and oxygen atoms in total. The van der Waals surface area contributed by atoms with Gasteiger partial charge >= 0.3 is 0 Å². The van der Waals surface area contributed by atoms with Crippen LogP contribution in [0.1, 0.15) is 42.7 Å². The molecule has 2 amide bonds. The minimum absolute atomic E-state index is 0.102. The zero-order valence-electron chi connectivity index (χ0n) is 18.0. The summed E-state index contributed by atoms with van der Waals surface area (Å²) in [5.41, 5.74) is 0.257. The molecule has 0 aliphatic carbocycles. The van der Waals surface area contributed by atoms with Gasteiger partial charge in [0.25, 0.3) is 5.91 Å². The molecule has 172 valence electrons. The van der Waals surface area contributed by atoms with Gasteiger partial charge in [-0.3, -0.25) is 9.59 Å². The summed E-state index contributed by atoms with van der Waals surface area (Å²) in [5.74, 6) is -0.218. The third-order valence-electron chi connectivity index (χ3n) is 5.93. The van der Waals surface area contributed by atoms with Crippen molar-refractivity contribution in [3.05, 3.63) is 42.4 Å². The SMILES string of the molecule is COc1ccc(S(=O)(=O)N2CCCCC2)cc1NC(=O)[C@@H]1CCCN1C(=O)c1ccco1. The summed E-state index contributed by atoms with van der Waals surface area (Å²) in [6.07, 6.45) is 5.29. The number of sulfonamides is 1. The average molecular weight is 462 g/mol. The van der Waals surface area contributed by atoms with Gasteiger partial charge in [0.2, 0.25) is 15.9 Å². The molecule has 1 N–H and O–H groups in total. The minimum Gasteiger partial charge on any atom is -0.495 e. The maximum atomic E-state index is 13.1. The number of methoxy groups -OCH3 is 1. The van der Waals surface area contributed by atoms with Crippen molar-refractivity contribution in [1.82, 2.24) is 9.21 Å². The smallest absolute Gasteiger partial charge is 0.290 e. The number of benzene rings is 1. The Balaban J connectivity index is 1.55. The molecule has 4 rings (SSSR count). The topological polar surface area (TPSA) is 109 Å². The van der Waals surface area contributed by atoms with Gasteiger partial charge in [0.05, 0.1) is 24.0 Å². The largest absolute Gasteiger partial charge is 0.495 e. The van der Waals surface area contributed by atoms with Crippen molar-refractivity contribution in [3.8, 4) is 5.75 Å². The highest BCUT2D eigenvalue weighted by atomic mass is 32.2. The number of ether oxygens (including phenoxy) is 1. The molecule has 1 aromatic carbocycles. The number of piperidine rings is 1. The van der Waals surface area contributed by atoms with E-state index in [-0.39, 0.29) is 22.3 Å². The van der Waals surface area contributed by atoms with Gasteiger partial charge in [-0.25, -0.2) is 8.42 Å². The van der Waals surface area contributed by atoms with Crippen molar-refractivity contribution < 1.29 is 27.2 Å². The van der Waals surface area contributed by atoms with Gasteiger partial charge in [0.15, 0.2) is 5.76 Å². The first-order valence-corrected chi connectivity index (χ1v) is 12.2. The average Bonchev–Trinajstić information content (AvgIpc) is 3.51. The zero-order chi connectivity index (χ0) is 22.7. The van der Waals surface area contributed by atoms with Gasteiger partial charge in [-0.15, -0.1) is 0 Å². The minimum atomic E-state index is -3.67. The molecule has 0 spiro atoms. The summed E-state index contributed by atoms with van der Waals surface area (Å²) in [7, 11) is -2.22. The van der Waals surface area contributed by atoms with Crippen molar-refractivity contribution >= 4 is 27.5 Å². The van der Waals surface area contributed by atoms with E-state index in [2.05, 4.69) is 5.32 Å². The van der Waals surface area contributed by atoms with Gasteiger partial charge in [-0.1, -0.05) is 6.42 Å². The van der Waals surface area contributed by atoms with E-state index >= 15 is 0 Å². The predicted octanol–water partition coefficient (Wildman–Crippen LogP) is 2.71. The first-order valence-electron chi connectivity index (χ1n) is 10.8. The summed E-state index contributed by atoms with van der Waals surface area (Å²) in [6.45, 7) is 1.42. The van der Waals surface area contributed by atoms with E-state index in [0.717, 1.165) is 19.3 Å². The normalized spacial score (nSPS) is 19.7. The van der Waals surface area contributed by atoms with E-state index < -0.39 is 22.0 Å². The Morgan fingerprint density at radius 1 is 1.09 bits per heavy atom. The highest BCUT2D eigenvalue weighted by Gasteiger charge is 2.36. The van der Waals surface area contributed by atoms with E-state index in [1.807, 2.05) is 0 Å². The molecular formula is C22H27N3O6S. The standard InChI is InChI=1S/C22H27N3O6S/c1-30-19-10-9-16(32(28,29)24-11-3-2-4-12-24)15-17(19)23-21(26)18-7-5-13-25(18)22(27)20-8-6-14-31-20/h6,8-10,14-15,18H,2-5,7,11-13H2,1H3,(H,23,26)/t18-/m0/s1. The lowest BCUT2D eigenvalue weighted by Gasteiger charge is -2.26. The lowest BCUT2D eigenvalue weighted by molar-refractivity contribution is -0.119. The third kappa shape index (κ3) is 4.37. The van der Waals surface area contributed by atoms with E-state index in [1.165, 1.54) is 40.8 Å². The Labute approximate surface area is 187 Å². The van der Waals surface area contributed by atoms with Crippen LogP contribution < -0.4 is 10.1 Å². The van der Waals surface area contributed by atoms with E-state index in [1.54, 1.807) is 12.1 Å². The number of likely N-dealkylation sites (tertiary alicyclic amines) is 1. The predicted molar refractivity (Wildman–Crippen MR) is 117 cm³/mol. The summed E-state index contributed by atoms with van der Waals surface area (Å²) in [4.78, 5) is 27.4. The monoisotopic (exact) mass is 461 g/mol. The lowest BCUT2D eigenvalue weighted by Crippen LogP contribution is -2.43.